The third kappa shape index (κ3) is 13.9. The molecular formula is C8H19N2Na. The predicted octanol–water partition coefficient (Wildman–Crippen LogP) is -1.42. The van der Waals surface area contributed by atoms with Gasteiger partial charge >= 0.3 is 29.6 Å². The fourth-order valence-corrected chi connectivity index (χ4v) is 0.742. The van der Waals surface area contributed by atoms with Gasteiger partial charge in [0.1, 0.15) is 0 Å². The minimum absolute atomic E-state index is 0. The van der Waals surface area contributed by atoms with Crippen LogP contribution in [-0.4, -0.2) is 18.1 Å². The average molecular weight is 166 g/mol. The molecule has 0 saturated carbocycles. The Morgan fingerprint density at radius 3 is 1.45 bits per heavy atom. The van der Waals surface area contributed by atoms with Crippen molar-refractivity contribution in [1.29, 1.82) is 0 Å². The first-order valence-electron chi connectivity index (χ1n) is 3.89. The molecule has 1 aliphatic rings. The Labute approximate surface area is 92.8 Å². The molecule has 1 heterocycles. The third-order valence-corrected chi connectivity index (χ3v) is 1.14. The minimum atomic E-state index is 0. The van der Waals surface area contributed by atoms with Crippen LogP contribution in [0.15, 0.2) is 0 Å². The molecule has 0 aromatic carbocycles. The second-order valence-corrected chi connectivity index (χ2v) is 3.24. The van der Waals surface area contributed by atoms with Crippen LogP contribution in [0.25, 0.3) is 0 Å². The van der Waals surface area contributed by atoms with E-state index in [1.165, 1.54) is 18.8 Å². The zero-order chi connectivity index (χ0) is 7.98. The standard InChI is InChI=1S/C4H10N2.C4H9.Na/c5-6-3-1-2-4-6;1-4(2)3;/h1-5H2;1-3H3;/q;-1;+1. The van der Waals surface area contributed by atoms with Gasteiger partial charge in [0.15, 0.2) is 0 Å². The van der Waals surface area contributed by atoms with Gasteiger partial charge in [-0.1, -0.05) is 0 Å². The van der Waals surface area contributed by atoms with Crippen molar-refractivity contribution in [3.8, 4) is 0 Å². The van der Waals surface area contributed by atoms with Crippen molar-refractivity contribution in [3.63, 3.8) is 0 Å². The van der Waals surface area contributed by atoms with Gasteiger partial charge in [-0.3, -0.25) is 5.84 Å². The van der Waals surface area contributed by atoms with Crippen LogP contribution in [0.5, 0.6) is 0 Å². The quantitative estimate of drug-likeness (QED) is 0.272. The Morgan fingerprint density at radius 1 is 1.09 bits per heavy atom. The Bertz CT molecular complexity index is 67.7. The SMILES string of the molecule is C[C-](C)C.NN1CCCC1.[Na+]. The number of nitrogens with zero attached hydrogens (tertiary/aromatic N) is 1. The number of hydrogen-bond acceptors (Lipinski definition) is 2. The number of hydrazine groups is 1. The Kier molecular flexibility index (Phi) is 11.8. The first-order valence-corrected chi connectivity index (χ1v) is 3.89. The molecule has 0 unspecified atom stereocenters. The van der Waals surface area contributed by atoms with E-state index < -0.39 is 0 Å². The van der Waals surface area contributed by atoms with Gasteiger partial charge < -0.3 is 5.92 Å². The van der Waals surface area contributed by atoms with E-state index in [1.807, 2.05) is 5.01 Å². The summed E-state index contributed by atoms with van der Waals surface area (Å²) in [7, 11) is 0. The average Bonchev–Trinajstić information content (AvgIpc) is 2.15. The maximum Gasteiger partial charge on any atom is 1.00 e. The van der Waals surface area contributed by atoms with Gasteiger partial charge in [0.2, 0.25) is 0 Å². The molecule has 1 rings (SSSR count). The molecule has 1 fully saturated rings. The smallest absolute Gasteiger partial charge is 0.323 e. The molecule has 0 radical (unpaired) electrons. The maximum absolute atomic E-state index is 5.37. The van der Waals surface area contributed by atoms with Crippen LogP contribution < -0.4 is 35.4 Å². The largest absolute Gasteiger partial charge is 1.00 e. The van der Waals surface area contributed by atoms with Crippen LogP contribution in [0.1, 0.15) is 33.6 Å². The Balaban J connectivity index is 0. The van der Waals surface area contributed by atoms with E-state index in [0.717, 1.165) is 13.1 Å². The summed E-state index contributed by atoms with van der Waals surface area (Å²) in [6.07, 6.45) is 2.58. The molecule has 3 heteroatoms. The second kappa shape index (κ2) is 9.01. The first kappa shape index (κ1) is 14.4. The first-order chi connectivity index (χ1) is 4.63. The number of hydrogen-bond donors (Lipinski definition) is 1. The van der Waals surface area contributed by atoms with Crippen molar-refractivity contribution >= 4 is 0 Å². The van der Waals surface area contributed by atoms with Crippen LogP contribution in [0.4, 0.5) is 0 Å². The molecule has 0 aromatic rings. The topological polar surface area (TPSA) is 29.3 Å². The molecule has 1 aliphatic heterocycles. The fourth-order valence-electron chi connectivity index (χ4n) is 0.742. The van der Waals surface area contributed by atoms with E-state index in [0.29, 0.717) is 0 Å². The predicted molar refractivity (Wildman–Crippen MR) is 45.3 cm³/mol. The summed E-state index contributed by atoms with van der Waals surface area (Å²) in [6.45, 7) is 8.44. The molecule has 1 saturated heterocycles. The molecule has 2 nitrogen and oxygen atoms in total. The molecular weight excluding hydrogens is 147 g/mol. The summed E-state index contributed by atoms with van der Waals surface area (Å²) in [4.78, 5) is 0. The van der Waals surface area contributed by atoms with Gasteiger partial charge in [0, 0.05) is 13.1 Å². The van der Waals surface area contributed by atoms with Crippen molar-refractivity contribution in [2.75, 3.05) is 13.1 Å². The minimum Gasteiger partial charge on any atom is -0.323 e. The second-order valence-electron chi connectivity index (χ2n) is 3.24. The van der Waals surface area contributed by atoms with Gasteiger partial charge in [-0.2, -0.15) is 20.8 Å². The Hall–Kier alpha value is 0.920. The van der Waals surface area contributed by atoms with E-state index in [9.17, 15) is 0 Å². The molecule has 0 amide bonds. The number of nitrogens with two attached hydrogens (primary N) is 1. The van der Waals surface area contributed by atoms with Crippen LogP contribution in [0.3, 0.4) is 0 Å². The third-order valence-electron chi connectivity index (χ3n) is 1.14. The zero-order valence-electron chi connectivity index (χ0n) is 8.35. The van der Waals surface area contributed by atoms with Crippen molar-refractivity contribution in [1.82, 2.24) is 5.01 Å². The van der Waals surface area contributed by atoms with E-state index in [1.54, 1.807) is 0 Å². The molecule has 2 N–H and O–H groups in total. The van der Waals surface area contributed by atoms with Crippen LogP contribution in [0.2, 0.25) is 0 Å². The summed E-state index contributed by atoms with van der Waals surface area (Å²) >= 11 is 0. The van der Waals surface area contributed by atoms with Crippen molar-refractivity contribution < 1.29 is 29.6 Å². The van der Waals surface area contributed by atoms with Crippen molar-refractivity contribution in [3.05, 3.63) is 5.92 Å². The van der Waals surface area contributed by atoms with Crippen molar-refractivity contribution in [2.45, 2.75) is 33.6 Å². The molecule has 62 valence electrons. The molecule has 0 bridgehead atoms. The van der Waals surface area contributed by atoms with E-state index >= 15 is 0 Å². The molecule has 0 atom stereocenters. The van der Waals surface area contributed by atoms with Crippen LogP contribution >= 0.6 is 0 Å². The summed E-state index contributed by atoms with van der Waals surface area (Å²) in [5.74, 6) is 6.78. The monoisotopic (exact) mass is 166 g/mol. The van der Waals surface area contributed by atoms with Gasteiger partial charge in [0.25, 0.3) is 0 Å². The number of rotatable bonds is 0. The zero-order valence-corrected chi connectivity index (χ0v) is 10.4. The Morgan fingerprint density at radius 2 is 1.36 bits per heavy atom. The summed E-state index contributed by atoms with van der Waals surface area (Å²) < 4.78 is 0. The maximum atomic E-state index is 5.37. The van der Waals surface area contributed by atoms with Gasteiger partial charge in [-0.15, -0.1) is 0 Å². The van der Waals surface area contributed by atoms with Crippen LogP contribution in [-0.2, 0) is 0 Å². The summed E-state index contributed by atoms with van der Waals surface area (Å²) in [5.41, 5.74) is 0. The molecule has 11 heavy (non-hydrogen) atoms. The molecule has 0 aromatic heterocycles. The van der Waals surface area contributed by atoms with Gasteiger partial charge in [-0.05, 0) is 12.8 Å². The molecule has 0 aliphatic carbocycles. The van der Waals surface area contributed by atoms with Crippen molar-refractivity contribution in [2.24, 2.45) is 5.84 Å². The summed E-state index contributed by atoms with van der Waals surface area (Å²) in [6, 6.07) is 0. The van der Waals surface area contributed by atoms with E-state index in [2.05, 4.69) is 20.8 Å². The van der Waals surface area contributed by atoms with Gasteiger partial charge in [0.05, 0.1) is 0 Å². The summed E-state index contributed by atoms with van der Waals surface area (Å²) in [5, 5.41) is 1.86. The fraction of sp³-hybridized carbons (Fsp3) is 0.875. The normalized spacial score (nSPS) is 17.2. The van der Waals surface area contributed by atoms with E-state index in [4.69, 9.17) is 5.84 Å². The van der Waals surface area contributed by atoms with E-state index in [-0.39, 0.29) is 29.6 Å². The van der Waals surface area contributed by atoms with Gasteiger partial charge in [-0.25, -0.2) is 5.01 Å². The molecule has 0 spiro atoms. The van der Waals surface area contributed by atoms with Crippen LogP contribution in [0, 0.1) is 5.92 Å².